The van der Waals surface area contributed by atoms with Crippen molar-refractivity contribution in [2.45, 2.75) is 19.8 Å². The maximum atomic E-state index is 12.3. The molecule has 1 N–H and O–H groups in total. The zero-order chi connectivity index (χ0) is 18.0. The lowest BCUT2D eigenvalue weighted by Gasteiger charge is -2.10. The molecule has 0 bridgehead atoms. The topological polar surface area (TPSA) is 66.5 Å². The maximum absolute atomic E-state index is 12.3. The quantitative estimate of drug-likeness (QED) is 0.853. The number of ketones is 1. The van der Waals surface area contributed by atoms with Crippen molar-refractivity contribution in [1.82, 2.24) is 5.32 Å². The summed E-state index contributed by atoms with van der Waals surface area (Å²) < 4.78 is 0. The van der Waals surface area contributed by atoms with Gasteiger partial charge in [-0.25, -0.2) is 0 Å². The number of benzene rings is 2. The van der Waals surface area contributed by atoms with Gasteiger partial charge in [0, 0.05) is 36.8 Å². The third-order valence-corrected chi connectivity index (χ3v) is 4.51. The number of amides is 2. The van der Waals surface area contributed by atoms with Gasteiger partial charge in [-0.15, -0.1) is 0 Å². The van der Waals surface area contributed by atoms with Crippen LogP contribution in [0, 0.1) is 6.92 Å². The third kappa shape index (κ3) is 3.45. The number of hydrogen-bond donors (Lipinski definition) is 1. The van der Waals surface area contributed by atoms with Gasteiger partial charge in [0.1, 0.15) is 0 Å². The number of nitrogens with zero attached hydrogens (tertiary/aromatic N) is 1. The van der Waals surface area contributed by atoms with Gasteiger partial charge < -0.3 is 10.2 Å². The Kier molecular flexibility index (Phi) is 4.65. The van der Waals surface area contributed by atoms with E-state index >= 15 is 0 Å². The monoisotopic (exact) mass is 336 g/mol. The largest absolute Gasteiger partial charge is 0.352 e. The van der Waals surface area contributed by atoms with Crippen LogP contribution < -0.4 is 10.2 Å². The van der Waals surface area contributed by atoms with E-state index in [0.29, 0.717) is 17.5 Å². The molecule has 2 amide bonds. The Labute approximate surface area is 146 Å². The predicted molar refractivity (Wildman–Crippen MR) is 96.0 cm³/mol. The summed E-state index contributed by atoms with van der Waals surface area (Å²) in [5, 5.41) is 2.78. The molecule has 0 radical (unpaired) electrons. The summed E-state index contributed by atoms with van der Waals surface area (Å²) >= 11 is 0. The van der Waals surface area contributed by atoms with Crippen LogP contribution in [0.4, 0.5) is 5.69 Å². The number of rotatable bonds is 5. The standard InChI is InChI=1S/C20H20N2O3/c1-13-5-3-4-6-16(13)20(25)21-10-9-18(23)14-7-8-17-15(11-14)12-19(24)22(17)2/h3-8,11H,9-10,12H2,1-2H3,(H,21,25). The number of fused-ring (bicyclic) bond motifs is 1. The number of likely N-dealkylation sites (N-methyl/N-ethyl adjacent to an activating group) is 1. The minimum atomic E-state index is -0.174. The first-order chi connectivity index (χ1) is 12.0. The molecule has 2 aromatic carbocycles. The van der Waals surface area contributed by atoms with Gasteiger partial charge in [-0.2, -0.15) is 0 Å². The van der Waals surface area contributed by atoms with Crippen molar-refractivity contribution < 1.29 is 14.4 Å². The molecule has 0 atom stereocenters. The van der Waals surface area contributed by atoms with Gasteiger partial charge in [0.25, 0.3) is 5.91 Å². The summed E-state index contributed by atoms with van der Waals surface area (Å²) in [5.41, 5.74) is 3.83. The van der Waals surface area contributed by atoms with Gasteiger partial charge in [-0.3, -0.25) is 14.4 Å². The lowest BCUT2D eigenvalue weighted by molar-refractivity contribution is -0.117. The van der Waals surface area contributed by atoms with E-state index in [-0.39, 0.29) is 30.6 Å². The van der Waals surface area contributed by atoms with Crippen LogP contribution >= 0.6 is 0 Å². The molecule has 5 nitrogen and oxygen atoms in total. The maximum Gasteiger partial charge on any atom is 0.251 e. The van der Waals surface area contributed by atoms with Crippen LogP contribution in [0.15, 0.2) is 42.5 Å². The Morgan fingerprint density at radius 1 is 1.16 bits per heavy atom. The first kappa shape index (κ1) is 16.9. The summed E-state index contributed by atoms with van der Waals surface area (Å²) in [6.45, 7) is 2.16. The fourth-order valence-corrected chi connectivity index (χ4v) is 3.00. The molecule has 0 fully saturated rings. The highest BCUT2D eigenvalue weighted by atomic mass is 16.2. The van der Waals surface area contributed by atoms with Crippen molar-refractivity contribution in [2.75, 3.05) is 18.5 Å². The molecule has 25 heavy (non-hydrogen) atoms. The molecule has 1 aliphatic rings. The number of carbonyl (C=O) groups excluding carboxylic acids is 3. The normalized spacial score (nSPS) is 12.9. The number of carbonyl (C=O) groups is 3. The van der Waals surface area contributed by atoms with Crippen LogP contribution in [-0.2, 0) is 11.2 Å². The van der Waals surface area contributed by atoms with Gasteiger partial charge in [0.2, 0.25) is 5.91 Å². The van der Waals surface area contributed by atoms with E-state index < -0.39 is 0 Å². The molecule has 0 unspecified atom stereocenters. The van der Waals surface area contributed by atoms with Gasteiger partial charge in [0.15, 0.2) is 5.78 Å². The lowest BCUT2D eigenvalue weighted by atomic mass is 10.0. The molecular formula is C20H20N2O3. The second kappa shape index (κ2) is 6.89. The van der Waals surface area contributed by atoms with Crippen LogP contribution in [0.25, 0.3) is 0 Å². The smallest absolute Gasteiger partial charge is 0.251 e. The van der Waals surface area contributed by atoms with Crippen molar-refractivity contribution in [3.05, 3.63) is 64.7 Å². The van der Waals surface area contributed by atoms with Crippen LogP contribution in [0.1, 0.15) is 38.3 Å². The van der Waals surface area contributed by atoms with E-state index in [4.69, 9.17) is 0 Å². The van der Waals surface area contributed by atoms with E-state index in [1.807, 2.05) is 25.1 Å². The highest BCUT2D eigenvalue weighted by Gasteiger charge is 2.24. The van der Waals surface area contributed by atoms with Gasteiger partial charge in [0.05, 0.1) is 6.42 Å². The average molecular weight is 336 g/mol. The number of hydrogen-bond acceptors (Lipinski definition) is 3. The van der Waals surface area contributed by atoms with E-state index in [2.05, 4.69) is 5.32 Å². The van der Waals surface area contributed by atoms with Crippen molar-refractivity contribution in [3.63, 3.8) is 0 Å². The summed E-state index contributed by atoms with van der Waals surface area (Å²) in [5.74, 6) is -0.188. The van der Waals surface area contributed by atoms with Crippen LogP contribution in [0.3, 0.4) is 0 Å². The molecular weight excluding hydrogens is 316 g/mol. The SMILES string of the molecule is Cc1ccccc1C(=O)NCCC(=O)c1ccc2c(c1)CC(=O)N2C. The van der Waals surface area contributed by atoms with E-state index in [0.717, 1.165) is 16.8 Å². The van der Waals surface area contributed by atoms with Crippen molar-refractivity contribution in [1.29, 1.82) is 0 Å². The van der Waals surface area contributed by atoms with Crippen LogP contribution in [-0.4, -0.2) is 31.2 Å². The summed E-state index contributed by atoms with van der Waals surface area (Å²) in [6.07, 6.45) is 0.553. The van der Waals surface area contributed by atoms with Crippen LogP contribution in [0.5, 0.6) is 0 Å². The van der Waals surface area contributed by atoms with Crippen molar-refractivity contribution >= 4 is 23.3 Å². The van der Waals surface area contributed by atoms with Crippen molar-refractivity contribution in [3.8, 4) is 0 Å². The number of nitrogens with one attached hydrogen (secondary N) is 1. The molecule has 3 rings (SSSR count). The number of aryl methyl sites for hydroxylation is 1. The minimum absolute atomic E-state index is 0.0325. The first-order valence-corrected chi connectivity index (χ1v) is 8.24. The zero-order valence-electron chi connectivity index (χ0n) is 14.3. The highest BCUT2D eigenvalue weighted by molar-refractivity contribution is 6.03. The Morgan fingerprint density at radius 3 is 2.68 bits per heavy atom. The second-order valence-corrected chi connectivity index (χ2v) is 6.22. The van der Waals surface area contributed by atoms with Gasteiger partial charge in [-0.1, -0.05) is 18.2 Å². The Balaban J connectivity index is 1.59. The molecule has 0 saturated heterocycles. The lowest BCUT2D eigenvalue weighted by Crippen LogP contribution is -2.26. The molecule has 0 aromatic heterocycles. The second-order valence-electron chi connectivity index (χ2n) is 6.22. The fourth-order valence-electron chi connectivity index (χ4n) is 3.00. The highest BCUT2D eigenvalue weighted by Crippen LogP contribution is 2.28. The summed E-state index contributed by atoms with van der Waals surface area (Å²) in [6, 6.07) is 12.7. The van der Waals surface area contributed by atoms with E-state index in [1.54, 1.807) is 36.2 Å². The zero-order valence-corrected chi connectivity index (χ0v) is 14.3. The van der Waals surface area contributed by atoms with Gasteiger partial charge in [-0.05, 0) is 42.3 Å². The van der Waals surface area contributed by atoms with E-state index in [9.17, 15) is 14.4 Å². The molecule has 2 aromatic rings. The summed E-state index contributed by atoms with van der Waals surface area (Å²) in [4.78, 5) is 37.8. The third-order valence-electron chi connectivity index (χ3n) is 4.51. The average Bonchev–Trinajstić information content (AvgIpc) is 2.89. The summed E-state index contributed by atoms with van der Waals surface area (Å²) in [7, 11) is 1.73. The van der Waals surface area contributed by atoms with Gasteiger partial charge >= 0.3 is 0 Å². The molecule has 0 spiro atoms. The molecule has 5 heteroatoms. The van der Waals surface area contributed by atoms with E-state index in [1.165, 1.54) is 0 Å². The first-order valence-electron chi connectivity index (χ1n) is 8.24. The van der Waals surface area contributed by atoms with Crippen molar-refractivity contribution in [2.24, 2.45) is 0 Å². The molecule has 0 aliphatic carbocycles. The Hall–Kier alpha value is -2.95. The molecule has 0 saturated carbocycles. The van der Waals surface area contributed by atoms with Crippen LogP contribution in [0.2, 0.25) is 0 Å². The molecule has 1 heterocycles. The molecule has 128 valence electrons. The molecule has 1 aliphatic heterocycles. The Morgan fingerprint density at radius 2 is 1.92 bits per heavy atom. The number of Topliss-reactive ketones (excluding diaryl/α,β-unsaturated/α-hetero) is 1. The Bertz CT molecular complexity index is 858. The fraction of sp³-hybridized carbons (Fsp3) is 0.250. The minimum Gasteiger partial charge on any atom is -0.352 e. The number of anilines is 1. The predicted octanol–water partition coefficient (Wildman–Crippen LogP) is 2.52.